The van der Waals surface area contributed by atoms with Gasteiger partial charge in [0.25, 0.3) is 0 Å². The second-order valence-corrected chi connectivity index (χ2v) is 5.23. The summed E-state index contributed by atoms with van der Waals surface area (Å²) >= 11 is 1.81. The summed E-state index contributed by atoms with van der Waals surface area (Å²) in [6.45, 7) is 2.82. The monoisotopic (exact) mass is 246 g/mol. The van der Waals surface area contributed by atoms with Gasteiger partial charge in [0.1, 0.15) is 0 Å². The maximum Gasteiger partial charge on any atom is 0.237 e. The third kappa shape index (κ3) is 4.31. The Bertz CT molecular complexity index is 226. The average molecular weight is 246 g/mol. The molecule has 94 valence electrons. The van der Waals surface area contributed by atoms with E-state index in [4.69, 9.17) is 4.74 Å². The Morgan fingerprint density at radius 1 is 1.69 bits per heavy atom. The number of thioether (sulfide) groups is 1. The van der Waals surface area contributed by atoms with E-state index in [1.165, 1.54) is 0 Å². The highest BCUT2D eigenvalue weighted by molar-refractivity contribution is 7.98. The number of hydrogen-bond acceptors (Lipinski definition) is 4. The quantitative estimate of drug-likeness (QED) is 0.721. The third-order valence-electron chi connectivity index (χ3n) is 2.88. The van der Waals surface area contributed by atoms with Gasteiger partial charge < -0.3 is 15.4 Å². The zero-order chi connectivity index (χ0) is 12.0. The molecule has 1 fully saturated rings. The van der Waals surface area contributed by atoms with Gasteiger partial charge in [-0.3, -0.25) is 4.79 Å². The molecule has 0 aromatic carbocycles. The number of carbonyl (C=O) groups excluding carboxylic acids is 1. The minimum atomic E-state index is -0.0818. The van der Waals surface area contributed by atoms with Crippen LogP contribution in [0.3, 0.4) is 0 Å². The second kappa shape index (κ2) is 7.14. The highest BCUT2D eigenvalue weighted by Gasteiger charge is 2.29. The van der Waals surface area contributed by atoms with Gasteiger partial charge in [0, 0.05) is 19.7 Å². The molecule has 1 aliphatic heterocycles. The lowest BCUT2D eigenvalue weighted by Crippen LogP contribution is -2.44. The molecule has 4 nitrogen and oxygen atoms in total. The Hall–Kier alpha value is -0.260. The second-order valence-electron chi connectivity index (χ2n) is 4.25. The summed E-state index contributed by atoms with van der Waals surface area (Å²) in [5, 5.41) is 6.21. The molecule has 0 aromatic heterocycles. The van der Waals surface area contributed by atoms with Gasteiger partial charge >= 0.3 is 0 Å². The summed E-state index contributed by atoms with van der Waals surface area (Å²) in [5.74, 6) is 1.19. The number of amides is 1. The molecule has 0 saturated carbocycles. The van der Waals surface area contributed by atoms with Crippen LogP contribution >= 0.6 is 11.8 Å². The summed E-state index contributed by atoms with van der Waals surface area (Å²) in [5.41, 5.74) is 0. The fraction of sp³-hybridized carbons (Fsp3) is 0.909. The van der Waals surface area contributed by atoms with E-state index in [2.05, 4.69) is 23.8 Å². The zero-order valence-electron chi connectivity index (χ0n) is 10.3. The normalized spacial score (nSPS) is 26.7. The summed E-state index contributed by atoms with van der Waals surface area (Å²) in [4.78, 5) is 11.8. The number of ether oxygens (including phenoxy) is 1. The molecule has 1 rings (SSSR count). The van der Waals surface area contributed by atoms with Crippen LogP contribution in [-0.4, -0.2) is 49.8 Å². The van der Waals surface area contributed by atoms with Gasteiger partial charge in [-0.05, 0) is 31.8 Å². The SMILES string of the molecule is COC1CNC(C(=O)NC(C)CCSC)C1. The van der Waals surface area contributed by atoms with Crippen LogP contribution in [0, 0.1) is 0 Å². The Morgan fingerprint density at radius 3 is 3.00 bits per heavy atom. The molecule has 1 heterocycles. The molecule has 3 atom stereocenters. The van der Waals surface area contributed by atoms with Crippen molar-refractivity contribution in [2.24, 2.45) is 0 Å². The van der Waals surface area contributed by atoms with Gasteiger partial charge in [-0.25, -0.2) is 0 Å². The van der Waals surface area contributed by atoms with Crippen LogP contribution in [0.25, 0.3) is 0 Å². The molecule has 5 heteroatoms. The highest BCUT2D eigenvalue weighted by Crippen LogP contribution is 2.10. The molecule has 0 aromatic rings. The summed E-state index contributed by atoms with van der Waals surface area (Å²) < 4.78 is 5.22. The first-order valence-corrected chi connectivity index (χ1v) is 7.12. The molecule has 1 aliphatic rings. The molecule has 3 unspecified atom stereocenters. The van der Waals surface area contributed by atoms with E-state index in [9.17, 15) is 4.79 Å². The van der Waals surface area contributed by atoms with Crippen molar-refractivity contribution in [2.45, 2.75) is 38.0 Å². The van der Waals surface area contributed by atoms with E-state index in [0.717, 1.165) is 25.1 Å². The minimum absolute atomic E-state index is 0.0818. The van der Waals surface area contributed by atoms with Crippen LogP contribution in [0.15, 0.2) is 0 Å². The standard InChI is InChI=1S/C11H22N2O2S/c1-8(4-5-16-3)13-11(14)10-6-9(15-2)7-12-10/h8-10,12H,4-7H2,1-3H3,(H,13,14). The van der Waals surface area contributed by atoms with Gasteiger partial charge in [0.15, 0.2) is 0 Å². The lowest BCUT2D eigenvalue weighted by atomic mass is 10.1. The molecule has 0 radical (unpaired) electrons. The topological polar surface area (TPSA) is 50.4 Å². The van der Waals surface area contributed by atoms with E-state index in [0.29, 0.717) is 0 Å². The lowest BCUT2D eigenvalue weighted by molar-refractivity contribution is -0.123. The van der Waals surface area contributed by atoms with Crippen LogP contribution in [0.5, 0.6) is 0 Å². The molecule has 0 aliphatic carbocycles. The molecule has 0 spiro atoms. The Morgan fingerprint density at radius 2 is 2.44 bits per heavy atom. The smallest absolute Gasteiger partial charge is 0.237 e. The van der Waals surface area contributed by atoms with Crippen molar-refractivity contribution < 1.29 is 9.53 Å². The molecular formula is C11H22N2O2S. The van der Waals surface area contributed by atoms with Crippen molar-refractivity contribution in [3.63, 3.8) is 0 Å². The first kappa shape index (κ1) is 13.8. The van der Waals surface area contributed by atoms with Crippen molar-refractivity contribution in [3.8, 4) is 0 Å². The largest absolute Gasteiger partial charge is 0.380 e. The predicted molar refractivity (Wildman–Crippen MR) is 67.8 cm³/mol. The maximum atomic E-state index is 11.8. The van der Waals surface area contributed by atoms with Crippen molar-refractivity contribution in [2.75, 3.05) is 25.7 Å². The molecule has 1 amide bonds. The number of hydrogen-bond donors (Lipinski definition) is 2. The first-order valence-electron chi connectivity index (χ1n) is 5.72. The van der Waals surface area contributed by atoms with Crippen LogP contribution < -0.4 is 10.6 Å². The van der Waals surface area contributed by atoms with E-state index >= 15 is 0 Å². The Kier molecular flexibility index (Phi) is 6.16. The number of rotatable bonds is 6. The zero-order valence-corrected chi connectivity index (χ0v) is 11.1. The van der Waals surface area contributed by atoms with Gasteiger partial charge in [0.2, 0.25) is 5.91 Å². The van der Waals surface area contributed by atoms with E-state index in [1.807, 2.05) is 0 Å². The number of nitrogens with one attached hydrogen (secondary N) is 2. The Balaban J connectivity index is 2.24. The fourth-order valence-electron chi connectivity index (χ4n) is 1.79. The Labute approximate surface area is 102 Å². The van der Waals surface area contributed by atoms with Crippen LogP contribution in [0.4, 0.5) is 0 Å². The van der Waals surface area contributed by atoms with Crippen molar-refractivity contribution in [3.05, 3.63) is 0 Å². The van der Waals surface area contributed by atoms with Gasteiger partial charge in [-0.1, -0.05) is 0 Å². The first-order chi connectivity index (χ1) is 7.67. The van der Waals surface area contributed by atoms with Crippen molar-refractivity contribution in [1.29, 1.82) is 0 Å². The predicted octanol–water partition coefficient (Wildman–Crippen LogP) is 0.621. The van der Waals surface area contributed by atoms with E-state index in [-0.39, 0.29) is 24.1 Å². The molecule has 16 heavy (non-hydrogen) atoms. The van der Waals surface area contributed by atoms with E-state index < -0.39 is 0 Å². The van der Waals surface area contributed by atoms with Crippen molar-refractivity contribution >= 4 is 17.7 Å². The van der Waals surface area contributed by atoms with Crippen LogP contribution in [0.2, 0.25) is 0 Å². The van der Waals surface area contributed by atoms with Gasteiger partial charge in [-0.2, -0.15) is 11.8 Å². The number of methoxy groups -OCH3 is 1. The minimum Gasteiger partial charge on any atom is -0.380 e. The fourth-order valence-corrected chi connectivity index (χ4v) is 2.38. The summed E-state index contributed by atoms with van der Waals surface area (Å²) in [7, 11) is 1.69. The number of carbonyl (C=O) groups is 1. The van der Waals surface area contributed by atoms with Crippen molar-refractivity contribution in [1.82, 2.24) is 10.6 Å². The van der Waals surface area contributed by atoms with E-state index in [1.54, 1.807) is 18.9 Å². The van der Waals surface area contributed by atoms with Gasteiger partial charge in [-0.15, -0.1) is 0 Å². The molecular weight excluding hydrogens is 224 g/mol. The molecule has 2 N–H and O–H groups in total. The summed E-state index contributed by atoms with van der Waals surface area (Å²) in [6, 6.07) is 0.171. The average Bonchev–Trinajstić information content (AvgIpc) is 2.74. The summed E-state index contributed by atoms with van der Waals surface area (Å²) in [6.07, 6.45) is 4.05. The lowest BCUT2D eigenvalue weighted by Gasteiger charge is -2.16. The molecule has 0 bridgehead atoms. The van der Waals surface area contributed by atoms with Gasteiger partial charge in [0.05, 0.1) is 12.1 Å². The van der Waals surface area contributed by atoms with Crippen LogP contribution in [0.1, 0.15) is 19.8 Å². The third-order valence-corrected chi connectivity index (χ3v) is 3.53. The maximum absolute atomic E-state index is 11.8. The van der Waals surface area contributed by atoms with Crippen LogP contribution in [-0.2, 0) is 9.53 Å². The highest BCUT2D eigenvalue weighted by atomic mass is 32.2. The molecule has 1 saturated heterocycles.